The van der Waals surface area contributed by atoms with Crippen LogP contribution in [0.4, 0.5) is 5.69 Å². The third-order valence-corrected chi connectivity index (χ3v) is 2.61. The molecule has 0 heterocycles. The highest BCUT2D eigenvalue weighted by molar-refractivity contribution is 5.51. The van der Waals surface area contributed by atoms with Crippen molar-refractivity contribution in [3.05, 3.63) is 54.1 Å². The Morgan fingerprint density at radius 3 is 2.06 bits per heavy atom. The molecule has 0 radical (unpaired) electrons. The molecular formula is C15H17NO2. The molecule has 0 aliphatic carbocycles. The minimum Gasteiger partial charge on any atom is -0.490 e. The van der Waals surface area contributed by atoms with Gasteiger partial charge < -0.3 is 15.2 Å². The maximum absolute atomic E-state index is 5.77. The number of hydrogen-bond acceptors (Lipinski definition) is 3. The maximum Gasteiger partial charge on any atom is 0.142 e. The molecule has 0 saturated heterocycles. The van der Waals surface area contributed by atoms with E-state index in [1.165, 1.54) is 0 Å². The summed E-state index contributed by atoms with van der Waals surface area (Å²) in [7, 11) is 0. The van der Waals surface area contributed by atoms with Gasteiger partial charge in [-0.2, -0.15) is 0 Å². The van der Waals surface area contributed by atoms with Crippen LogP contribution in [0.15, 0.2) is 48.5 Å². The Balaban J connectivity index is 1.80. The van der Waals surface area contributed by atoms with Crippen LogP contribution >= 0.6 is 0 Å². The van der Waals surface area contributed by atoms with E-state index in [0.717, 1.165) is 11.3 Å². The Morgan fingerprint density at radius 2 is 1.39 bits per heavy atom. The minimum absolute atomic E-state index is 0.475. The number of nitrogen functional groups attached to an aromatic ring is 1. The molecule has 0 atom stereocenters. The van der Waals surface area contributed by atoms with Crippen LogP contribution < -0.4 is 15.2 Å². The van der Waals surface area contributed by atoms with Crippen LogP contribution in [0.5, 0.6) is 11.5 Å². The van der Waals surface area contributed by atoms with Crippen molar-refractivity contribution < 1.29 is 9.47 Å². The van der Waals surface area contributed by atoms with Crippen molar-refractivity contribution in [2.24, 2.45) is 0 Å². The van der Waals surface area contributed by atoms with E-state index in [1.807, 2.05) is 55.5 Å². The van der Waals surface area contributed by atoms with E-state index >= 15 is 0 Å². The molecule has 94 valence electrons. The molecule has 0 amide bonds. The molecule has 2 aromatic rings. The van der Waals surface area contributed by atoms with Crippen LogP contribution in [-0.4, -0.2) is 13.2 Å². The fourth-order valence-electron chi connectivity index (χ4n) is 1.63. The fraction of sp³-hybridized carbons (Fsp3) is 0.200. The first-order valence-corrected chi connectivity index (χ1v) is 5.93. The van der Waals surface area contributed by atoms with Crippen LogP contribution in [-0.2, 0) is 0 Å². The lowest BCUT2D eigenvalue weighted by molar-refractivity contribution is 0.217. The van der Waals surface area contributed by atoms with Crippen LogP contribution in [0, 0.1) is 6.92 Å². The molecule has 3 heteroatoms. The van der Waals surface area contributed by atoms with Crippen molar-refractivity contribution in [2.75, 3.05) is 18.9 Å². The zero-order valence-corrected chi connectivity index (χ0v) is 10.4. The van der Waals surface area contributed by atoms with E-state index < -0.39 is 0 Å². The summed E-state index contributed by atoms with van der Waals surface area (Å²) in [6, 6.07) is 15.4. The van der Waals surface area contributed by atoms with Gasteiger partial charge in [0.1, 0.15) is 24.7 Å². The van der Waals surface area contributed by atoms with Crippen LogP contribution in [0.2, 0.25) is 0 Å². The number of nitrogens with two attached hydrogens (primary N) is 1. The van der Waals surface area contributed by atoms with Gasteiger partial charge in [0.2, 0.25) is 0 Å². The first-order valence-electron chi connectivity index (χ1n) is 5.93. The first kappa shape index (κ1) is 12.3. The topological polar surface area (TPSA) is 44.5 Å². The Kier molecular flexibility index (Phi) is 4.07. The van der Waals surface area contributed by atoms with E-state index in [0.29, 0.717) is 24.7 Å². The second kappa shape index (κ2) is 5.96. The maximum atomic E-state index is 5.77. The van der Waals surface area contributed by atoms with Crippen molar-refractivity contribution >= 4 is 5.69 Å². The van der Waals surface area contributed by atoms with E-state index in [1.54, 1.807) is 0 Å². The standard InChI is InChI=1S/C15H17NO2/c1-12-6-2-4-8-14(12)17-10-11-18-15-9-5-3-7-13(15)16/h2-9H,10-11,16H2,1H3. The number of rotatable bonds is 5. The van der Waals surface area contributed by atoms with E-state index in [2.05, 4.69) is 0 Å². The zero-order chi connectivity index (χ0) is 12.8. The fourth-order valence-corrected chi connectivity index (χ4v) is 1.63. The van der Waals surface area contributed by atoms with Crippen LogP contribution in [0.25, 0.3) is 0 Å². The Morgan fingerprint density at radius 1 is 0.833 bits per heavy atom. The summed E-state index contributed by atoms with van der Waals surface area (Å²) >= 11 is 0. The molecule has 2 rings (SSSR count). The summed E-state index contributed by atoms with van der Waals surface area (Å²) in [5.41, 5.74) is 7.54. The zero-order valence-electron chi connectivity index (χ0n) is 10.4. The largest absolute Gasteiger partial charge is 0.490 e. The van der Waals surface area contributed by atoms with Crippen molar-refractivity contribution in [1.82, 2.24) is 0 Å². The van der Waals surface area contributed by atoms with Crippen molar-refractivity contribution in [3.63, 3.8) is 0 Å². The highest BCUT2D eigenvalue weighted by atomic mass is 16.5. The number of anilines is 1. The lowest BCUT2D eigenvalue weighted by Gasteiger charge is -2.11. The molecule has 3 nitrogen and oxygen atoms in total. The molecule has 0 fully saturated rings. The third kappa shape index (κ3) is 3.17. The predicted octanol–water partition coefficient (Wildman–Crippen LogP) is 3.04. The van der Waals surface area contributed by atoms with Crippen molar-refractivity contribution in [3.8, 4) is 11.5 Å². The molecule has 0 unspecified atom stereocenters. The number of ether oxygens (including phenoxy) is 2. The highest BCUT2D eigenvalue weighted by Gasteiger charge is 2.00. The third-order valence-electron chi connectivity index (χ3n) is 2.61. The van der Waals surface area contributed by atoms with Gasteiger partial charge in [-0.3, -0.25) is 0 Å². The second-order valence-corrected chi connectivity index (χ2v) is 4.00. The van der Waals surface area contributed by atoms with Crippen LogP contribution in [0.1, 0.15) is 5.56 Å². The van der Waals surface area contributed by atoms with Gasteiger partial charge in [-0.05, 0) is 30.7 Å². The number of hydrogen-bond donors (Lipinski definition) is 1. The molecule has 0 spiro atoms. The van der Waals surface area contributed by atoms with Gasteiger partial charge in [0.15, 0.2) is 0 Å². The van der Waals surface area contributed by atoms with Gasteiger partial charge in [0.25, 0.3) is 0 Å². The SMILES string of the molecule is Cc1ccccc1OCCOc1ccccc1N. The van der Waals surface area contributed by atoms with E-state index in [4.69, 9.17) is 15.2 Å². The Labute approximate surface area is 107 Å². The van der Waals surface area contributed by atoms with Crippen molar-refractivity contribution in [2.45, 2.75) is 6.92 Å². The van der Waals surface area contributed by atoms with Gasteiger partial charge >= 0.3 is 0 Å². The molecule has 2 N–H and O–H groups in total. The average molecular weight is 243 g/mol. The lowest BCUT2D eigenvalue weighted by Crippen LogP contribution is -2.10. The van der Waals surface area contributed by atoms with Gasteiger partial charge in [-0.25, -0.2) is 0 Å². The molecule has 0 bridgehead atoms. The lowest BCUT2D eigenvalue weighted by atomic mass is 10.2. The monoisotopic (exact) mass is 243 g/mol. The number of para-hydroxylation sites is 3. The molecule has 0 aliphatic rings. The van der Waals surface area contributed by atoms with Gasteiger partial charge in [-0.1, -0.05) is 30.3 Å². The van der Waals surface area contributed by atoms with Crippen molar-refractivity contribution in [1.29, 1.82) is 0 Å². The highest BCUT2D eigenvalue weighted by Crippen LogP contribution is 2.20. The predicted molar refractivity (Wildman–Crippen MR) is 73.0 cm³/mol. The van der Waals surface area contributed by atoms with E-state index in [-0.39, 0.29) is 0 Å². The average Bonchev–Trinajstić information content (AvgIpc) is 2.38. The summed E-state index contributed by atoms with van der Waals surface area (Å²) in [5, 5.41) is 0. The molecule has 18 heavy (non-hydrogen) atoms. The molecule has 0 saturated carbocycles. The normalized spacial score (nSPS) is 10.1. The molecular weight excluding hydrogens is 226 g/mol. The minimum atomic E-state index is 0.475. The van der Waals surface area contributed by atoms with Gasteiger partial charge in [-0.15, -0.1) is 0 Å². The smallest absolute Gasteiger partial charge is 0.142 e. The summed E-state index contributed by atoms with van der Waals surface area (Å²) in [6.45, 7) is 2.99. The summed E-state index contributed by atoms with van der Waals surface area (Å²) in [4.78, 5) is 0. The Bertz CT molecular complexity index is 464. The molecule has 0 aromatic heterocycles. The summed E-state index contributed by atoms with van der Waals surface area (Å²) < 4.78 is 11.2. The second-order valence-electron chi connectivity index (χ2n) is 4.00. The number of benzene rings is 2. The van der Waals surface area contributed by atoms with E-state index in [9.17, 15) is 0 Å². The van der Waals surface area contributed by atoms with Gasteiger partial charge in [0, 0.05) is 0 Å². The summed E-state index contributed by atoms with van der Waals surface area (Å²) in [5.74, 6) is 1.59. The molecule has 2 aromatic carbocycles. The first-order chi connectivity index (χ1) is 8.77. The summed E-state index contributed by atoms with van der Waals surface area (Å²) in [6.07, 6.45) is 0. The van der Waals surface area contributed by atoms with Gasteiger partial charge in [0.05, 0.1) is 5.69 Å². The number of aryl methyl sites for hydroxylation is 1. The Hall–Kier alpha value is -2.16. The molecule has 0 aliphatic heterocycles. The quantitative estimate of drug-likeness (QED) is 0.648. The van der Waals surface area contributed by atoms with Crippen LogP contribution in [0.3, 0.4) is 0 Å².